The topological polar surface area (TPSA) is 96.3 Å². The van der Waals surface area contributed by atoms with Gasteiger partial charge in [-0.2, -0.15) is 5.26 Å². The molecule has 7 heteroatoms. The Morgan fingerprint density at radius 2 is 2.04 bits per heavy atom. The first-order chi connectivity index (χ1) is 10.5. The summed E-state index contributed by atoms with van der Waals surface area (Å²) in [5.41, 5.74) is 0.255. The molecule has 0 saturated heterocycles. The molecule has 0 aliphatic carbocycles. The van der Waals surface area contributed by atoms with Gasteiger partial charge in [0.25, 0.3) is 5.91 Å². The molecule has 0 saturated carbocycles. The van der Waals surface area contributed by atoms with Crippen molar-refractivity contribution in [3.63, 3.8) is 0 Å². The van der Waals surface area contributed by atoms with Crippen molar-refractivity contribution in [1.82, 2.24) is 4.72 Å². The summed E-state index contributed by atoms with van der Waals surface area (Å²) < 4.78 is 31.2. The number of ether oxygens (including phenoxy) is 1. The number of rotatable bonds is 6. The van der Waals surface area contributed by atoms with Crippen LogP contribution in [0.25, 0.3) is 0 Å². The number of nitrogens with zero attached hydrogens (tertiary/aromatic N) is 1. The van der Waals surface area contributed by atoms with Crippen LogP contribution in [0.5, 0.6) is 5.75 Å². The third kappa shape index (κ3) is 7.15. The highest BCUT2D eigenvalue weighted by Crippen LogP contribution is 2.19. The molecule has 0 aliphatic heterocycles. The van der Waals surface area contributed by atoms with Gasteiger partial charge in [0.05, 0.1) is 17.4 Å². The van der Waals surface area contributed by atoms with E-state index in [1.54, 1.807) is 18.2 Å². The van der Waals surface area contributed by atoms with Crippen molar-refractivity contribution in [2.75, 3.05) is 5.75 Å². The van der Waals surface area contributed by atoms with Gasteiger partial charge in [-0.05, 0) is 37.0 Å². The summed E-state index contributed by atoms with van der Waals surface area (Å²) in [7, 11) is -3.70. The first kappa shape index (κ1) is 19.0. The minimum atomic E-state index is -3.70. The number of hydrogen-bond donors (Lipinski definition) is 1. The molecule has 1 rings (SSSR count). The quantitative estimate of drug-likeness (QED) is 0.858. The van der Waals surface area contributed by atoms with Crippen molar-refractivity contribution in [2.24, 2.45) is 5.41 Å². The largest absolute Gasteiger partial charge is 0.481 e. The number of amides is 1. The Morgan fingerprint density at radius 3 is 2.61 bits per heavy atom. The monoisotopic (exact) mass is 338 g/mol. The molecule has 0 heterocycles. The fourth-order valence-corrected chi connectivity index (χ4v) is 3.08. The van der Waals surface area contributed by atoms with E-state index >= 15 is 0 Å². The maximum absolute atomic E-state index is 12.0. The summed E-state index contributed by atoms with van der Waals surface area (Å²) in [5.74, 6) is -0.529. The number of carbonyl (C=O) groups is 1. The van der Waals surface area contributed by atoms with Crippen LogP contribution >= 0.6 is 0 Å². The van der Waals surface area contributed by atoms with E-state index in [1.165, 1.54) is 13.0 Å². The smallest absolute Gasteiger partial charge is 0.274 e. The SMILES string of the molecule is C[C@H](Oc1cccc(C#N)c1)C(=O)NS(=O)(=O)CCC(C)(C)C. The molecule has 1 aromatic carbocycles. The second kappa shape index (κ2) is 7.47. The Kier molecular flexibility index (Phi) is 6.16. The van der Waals surface area contributed by atoms with Crippen LogP contribution in [-0.2, 0) is 14.8 Å². The summed E-state index contributed by atoms with van der Waals surface area (Å²) in [6.07, 6.45) is -0.553. The number of nitrogens with one attached hydrogen (secondary N) is 1. The van der Waals surface area contributed by atoms with Crippen molar-refractivity contribution < 1.29 is 17.9 Å². The highest BCUT2D eigenvalue weighted by Gasteiger charge is 2.23. The molecule has 0 spiro atoms. The minimum absolute atomic E-state index is 0.126. The van der Waals surface area contributed by atoms with E-state index in [0.717, 1.165) is 0 Å². The maximum atomic E-state index is 12.0. The second-order valence-corrected chi connectivity index (χ2v) is 8.34. The van der Waals surface area contributed by atoms with Gasteiger partial charge in [0.1, 0.15) is 5.75 Å². The average Bonchev–Trinajstić information content (AvgIpc) is 2.44. The zero-order valence-corrected chi connectivity index (χ0v) is 14.6. The molecule has 0 unspecified atom stereocenters. The average molecular weight is 338 g/mol. The Bertz CT molecular complexity index is 700. The summed E-state index contributed by atoms with van der Waals surface area (Å²) in [5, 5.41) is 8.82. The lowest BCUT2D eigenvalue weighted by molar-refractivity contribution is -0.125. The van der Waals surface area contributed by atoms with Crippen LogP contribution in [0.1, 0.15) is 39.7 Å². The van der Waals surface area contributed by atoms with Gasteiger partial charge in [-0.25, -0.2) is 13.1 Å². The second-order valence-electron chi connectivity index (χ2n) is 6.50. The predicted octanol–water partition coefficient (Wildman–Crippen LogP) is 2.21. The molecule has 6 nitrogen and oxygen atoms in total. The van der Waals surface area contributed by atoms with Gasteiger partial charge in [0.15, 0.2) is 6.10 Å². The number of sulfonamides is 1. The van der Waals surface area contributed by atoms with Crippen LogP contribution in [0.2, 0.25) is 0 Å². The fraction of sp³-hybridized carbons (Fsp3) is 0.500. The molecule has 1 aromatic rings. The van der Waals surface area contributed by atoms with E-state index in [4.69, 9.17) is 10.00 Å². The first-order valence-electron chi connectivity index (χ1n) is 7.23. The molecule has 0 bridgehead atoms. The summed E-state index contributed by atoms with van der Waals surface area (Å²) >= 11 is 0. The Hall–Kier alpha value is -2.07. The summed E-state index contributed by atoms with van der Waals surface area (Å²) in [6.45, 7) is 7.24. The first-order valence-corrected chi connectivity index (χ1v) is 8.89. The van der Waals surface area contributed by atoms with Crippen LogP contribution in [0, 0.1) is 16.7 Å². The van der Waals surface area contributed by atoms with Crippen molar-refractivity contribution >= 4 is 15.9 Å². The Balaban J connectivity index is 2.64. The number of nitriles is 1. The van der Waals surface area contributed by atoms with Gasteiger partial charge in [0.2, 0.25) is 10.0 Å². The molecule has 1 N–H and O–H groups in total. The third-order valence-electron chi connectivity index (χ3n) is 3.02. The van der Waals surface area contributed by atoms with Crippen LogP contribution in [0.4, 0.5) is 0 Å². The summed E-state index contributed by atoms with van der Waals surface area (Å²) in [4.78, 5) is 12.0. The van der Waals surface area contributed by atoms with E-state index in [2.05, 4.69) is 0 Å². The normalized spacial score (nSPS) is 13.0. The van der Waals surface area contributed by atoms with Gasteiger partial charge in [-0.3, -0.25) is 4.79 Å². The zero-order valence-electron chi connectivity index (χ0n) is 13.8. The molecule has 1 atom stereocenters. The highest BCUT2D eigenvalue weighted by molar-refractivity contribution is 7.90. The van der Waals surface area contributed by atoms with Crippen LogP contribution in [0.15, 0.2) is 24.3 Å². The van der Waals surface area contributed by atoms with Crippen LogP contribution < -0.4 is 9.46 Å². The lowest BCUT2D eigenvalue weighted by Crippen LogP contribution is -2.41. The molecule has 23 heavy (non-hydrogen) atoms. The summed E-state index contributed by atoms with van der Waals surface area (Å²) in [6, 6.07) is 8.27. The standard InChI is InChI=1S/C16H22N2O4S/c1-12(22-14-7-5-6-13(10-14)11-17)15(19)18-23(20,21)9-8-16(2,3)4/h5-7,10,12H,8-9H2,1-4H3,(H,18,19)/t12-/m0/s1. The van der Waals surface area contributed by atoms with Gasteiger partial charge in [0, 0.05) is 0 Å². The maximum Gasteiger partial charge on any atom is 0.274 e. The molecular weight excluding hydrogens is 316 g/mol. The van der Waals surface area contributed by atoms with E-state index in [-0.39, 0.29) is 11.2 Å². The molecule has 0 aromatic heterocycles. The Labute approximate surface area is 137 Å². The van der Waals surface area contributed by atoms with Gasteiger partial charge in [-0.1, -0.05) is 26.8 Å². The van der Waals surface area contributed by atoms with Gasteiger partial charge in [-0.15, -0.1) is 0 Å². The van der Waals surface area contributed by atoms with Crippen molar-refractivity contribution in [3.05, 3.63) is 29.8 Å². The van der Waals surface area contributed by atoms with Crippen molar-refractivity contribution in [3.8, 4) is 11.8 Å². The predicted molar refractivity (Wildman–Crippen MR) is 87.2 cm³/mol. The molecule has 0 radical (unpaired) electrons. The zero-order chi connectivity index (χ0) is 17.7. The molecule has 126 valence electrons. The van der Waals surface area contributed by atoms with E-state index in [0.29, 0.717) is 17.7 Å². The number of carbonyl (C=O) groups excluding carboxylic acids is 1. The van der Waals surface area contributed by atoms with Crippen LogP contribution in [0.3, 0.4) is 0 Å². The lowest BCUT2D eigenvalue weighted by Gasteiger charge is -2.19. The van der Waals surface area contributed by atoms with Gasteiger partial charge >= 0.3 is 0 Å². The van der Waals surface area contributed by atoms with Crippen molar-refractivity contribution in [2.45, 2.75) is 40.2 Å². The third-order valence-corrected chi connectivity index (χ3v) is 4.28. The number of benzene rings is 1. The minimum Gasteiger partial charge on any atom is -0.481 e. The molecular formula is C16H22N2O4S. The van der Waals surface area contributed by atoms with Crippen LogP contribution in [-0.4, -0.2) is 26.2 Å². The number of hydrogen-bond acceptors (Lipinski definition) is 5. The van der Waals surface area contributed by atoms with E-state index in [9.17, 15) is 13.2 Å². The van der Waals surface area contributed by atoms with Gasteiger partial charge < -0.3 is 4.74 Å². The Morgan fingerprint density at radius 1 is 1.39 bits per heavy atom. The lowest BCUT2D eigenvalue weighted by atomic mass is 9.94. The fourth-order valence-electron chi connectivity index (χ4n) is 1.62. The molecule has 0 fully saturated rings. The molecule has 0 aliphatic rings. The van der Waals surface area contributed by atoms with E-state index in [1.807, 2.05) is 31.6 Å². The highest BCUT2D eigenvalue weighted by atomic mass is 32.2. The molecule has 1 amide bonds. The van der Waals surface area contributed by atoms with E-state index < -0.39 is 22.0 Å². The van der Waals surface area contributed by atoms with Crippen molar-refractivity contribution in [1.29, 1.82) is 5.26 Å².